The third-order valence-electron chi connectivity index (χ3n) is 11.3. The molecule has 5 fully saturated rings. The maximum absolute atomic E-state index is 14.3. The lowest BCUT2D eigenvalue weighted by Gasteiger charge is -2.39. The van der Waals surface area contributed by atoms with Crippen LogP contribution in [0.15, 0.2) is 0 Å². The van der Waals surface area contributed by atoms with Crippen molar-refractivity contribution in [2.24, 2.45) is 46.2 Å². The van der Waals surface area contributed by atoms with Crippen molar-refractivity contribution in [1.29, 1.82) is 0 Å². The van der Waals surface area contributed by atoms with Crippen LogP contribution in [0.4, 0.5) is 4.79 Å². The molecule has 0 bridgehead atoms. The molecule has 4 saturated carbocycles. The van der Waals surface area contributed by atoms with Gasteiger partial charge in [0, 0.05) is 12.5 Å². The topological polar surface area (TPSA) is 168 Å². The highest BCUT2D eigenvalue weighted by Crippen LogP contribution is 2.65. The Kier molecular flexibility index (Phi) is 8.90. The minimum absolute atomic E-state index is 0.00595. The number of urea groups is 1. The zero-order valence-corrected chi connectivity index (χ0v) is 26.9. The van der Waals surface area contributed by atoms with E-state index in [-0.39, 0.29) is 46.7 Å². The average Bonchev–Trinajstić information content (AvgIpc) is 3.81. The van der Waals surface area contributed by atoms with E-state index in [1.165, 1.54) is 0 Å². The summed E-state index contributed by atoms with van der Waals surface area (Å²) in [6.07, 6.45) is 9.05. The van der Waals surface area contributed by atoms with Crippen molar-refractivity contribution < 1.29 is 28.8 Å². The van der Waals surface area contributed by atoms with Crippen LogP contribution in [0.5, 0.6) is 0 Å². The second-order valence-corrected chi connectivity index (χ2v) is 15.8. The van der Waals surface area contributed by atoms with Crippen molar-refractivity contribution in [3.8, 4) is 0 Å². The number of piperidine rings is 1. The molecule has 0 spiro atoms. The summed E-state index contributed by atoms with van der Waals surface area (Å²) in [5.74, 6) is -2.72. The van der Waals surface area contributed by atoms with Crippen LogP contribution >= 0.6 is 0 Å². The van der Waals surface area contributed by atoms with Crippen molar-refractivity contribution in [2.45, 2.75) is 123 Å². The standard InChI is InChI=1S/C33H51N5O6/c1-32(2,3)27(37-31(44)36-22(25(39)19-14-15-19)17-10-7-6-8-11-17)30(43)38-16-20-21(33(20,4)5)24(38)29(42)35-23(18-12-9-13-18)26(40)28(34)41/h17-24,27H,6-16H2,1-5H3,(H2,34,41)(H,35,42)(H2,36,37,44)/t20-,21-,22-,23?,24-,27+/m0/s1. The van der Waals surface area contributed by atoms with Crippen molar-refractivity contribution in [1.82, 2.24) is 20.9 Å². The largest absolute Gasteiger partial charge is 0.363 e. The number of carbonyl (C=O) groups excluding carboxylic acids is 6. The molecule has 1 saturated heterocycles. The van der Waals surface area contributed by atoms with E-state index in [2.05, 4.69) is 29.8 Å². The van der Waals surface area contributed by atoms with Crippen LogP contribution in [0.3, 0.4) is 0 Å². The first-order valence-corrected chi connectivity index (χ1v) is 16.7. The molecule has 1 aliphatic heterocycles. The number of amides is 5. The first kappa shape index (κ1) is 32.4. The highest BCUT2D eigenvalue weighted by atomic mass is 16.2. The van der Waals surface area contributed by atoms with Crippen LogP contribution in [0.2, 0.25) is 0 Å². The van der Waals surface area contributed by atoms with E-state index in [1.807, 2.05) is 20.8 Å². The summed E-state index contributed by atoms with van der Waals surface area (Å²) in [4.78, 5) is 80.9. The van der Waals surface area contributed by atoms with Crippen LogP contribution < -0.4 is 21.7 Å². The summed E-state index contributed by atoms with van der Waals surface area (Å²) >= 11 is 0. The van der Waals surface area contributed by atoms with Crippen molar-refractivity contribution >= 4 is 35.3 Å². The van der Waals surface area contributed by atoms with Crippen LogP contribution in [0.1, 0.15) is 98.8 Å². The molecule has 5 N–H and O–H groups in total. The first-order valence-electron chi connectivity index (χ1n) is 16.7. The first-order chi connectivity index (χ1) is 20.6. The van der Waals surface area contributed by atoms with E-state index in [0.29, 0.717) is 19.4 Å². The van der Waals surface area contributed by atoms with E-state index in [4.69, 9.17) is 5.73 Å². The minimum atomic E-state index is -1.08. The lowest BCUT2D eigenvalue weighted by atomic mass is 9.78. The number of Topliss-reactive ketones (excluding diaryl/α,β-unsaturated/α-hetero) is 2. The zero-order chi connectivity index (χ0) is 32.1. The van der Waals surface area contributed by atoms with Gasteiger partial charge < -0.3 is 26.6 Å². The molecule has 0 aromatic carbocycles. The zero-order valence-electron chi connectivity index (χ0n) is 26.9. The van der Waals surface area contributed by atoms with E-state index < -0.39 is 53.2 Å². The maximum atomic E-state index is 14.3. The van der Waals surface area contributed by atoms with E-state index in [9.17, 15) is 28.8 Å². The average molecular weight is 614 g/mol. The molecule has 244 valence electrons. The Morgan fingerprint density at radius 3 is 1.91 bits per heavy atom. The molecule has 4 aliphatic carbocycles. The molecular formula is C33H51N5O6. The molecule has 0 aromatic rings. The Labute approximate surface area is 260 Å². The number of ketones is 2. The smallest absolute Gasteiger partial charge is 0.316 e. The summed E-state index contributed by atoms with van der Waals surface area (Å²) in [7, 11) is 0. The lowest BCUT2D eigenvalue weighted by Crippen LogP contribution is -2.63. The number of rotatable bonds is 11. The third-order valence-corrected chi connectivity index (χ3v) is 11.3. The van der Waals surface area contributed by atoms with Gasteiger partial charge in [-0.3, -0.25) is 24.0 Å². The summed E-state index contributed by atoms with van der Waals surface area (Å²) in [6.45, 7) is 10.1. The van der Waals surface area contributed by atoms with Gasteiger partial charge in [0.25, 0.3) is 5.91 Å². The molecule has 44 heavy (non-hydrogen) atoms. The van der Waals surface area contributed by atoms with Gasteiger partial charge >= 0.3 is 6.03 Å². The Balaban J connectivity index is 1.33. The molecule has 0 aromatic heterocycles. The lowest BCUT2D eigenvalue weighted by molar-refractivity contribution is -0.145. The summed E-state index contributed by atoms with van der Waals surface area (Å²) in [6, 6.07) is -3.92. The van der Waals surface area contributed by atoms with E-state index in [0.717, 1.165) is 51.4 Å². The molecule has 5 aliphatic rings. The van der Waals surface area contributed by atoms with Crippen molar-refractivity contribution in [3.05, 3.63) is 0 Å². The van der Waals surface area contributed by atoms with Crippen molar-refractivity contribution in [3.63, 3.8) is 0 Å². The van der Waals surface area contributed by atoms with Gasteiger partial charge in [0.1, 0.15) is 18.1 Å². The van der Waals surface area contributed by atoms with Gasteiger partial charge in [-0.25, -0.2) is 4.79 Å². The SMILES string of the molecule is CC(C)(C)[C@H](NC(=O)N[C@H](C(=O)C1CC1)C1CCCCC1)C(=O)N1C[C@H]2[C@@H]([C@H]1C(=O)NC(C(=O)C(N)=O)C1CCC1)C2(C)C. The number of likely N-dealkylation sites (tertiary alicyclic amines) is 1. The number of nitrogens with zero attached hydrogens (tertiary/aromatic N) is 1. The maximum Gasteiger partial charge on any atom is 0.316 e. The summed E-state index contributed by atoms with van der Waals surface area (Å²) < 4.78 is 0. The van der Waals surface area contributed by atoms with Crippen molar-refractivity contribution in [2.75, 3.05) is 6.54 Å². The van der Waals surface area contributed by atoms with Gasteiger partial charge in [0.2, 0.25) is 17.6 Å². The molecule has 11 nitrogen and oxygen atoms in total. The Morgan fingerprint density at radius 2 is 1.39 bits per heavy atom. The number of nitrogens with one attached hydrogen (secondary N) is 3. The number of hydrogen-bond donors (Lipinski definition) is 4. The number of nitrogens with two attached hydrogens (primary N) is 1. The van der Waals surface area contributed by atoms with Gasteiger partial charge in [0.05, 0.1) is 6.04 Å². The van der Waals surface area contributed by atoms with Crippen LogP contribution in [0, 0.1) is 40.4 Å². The molecule has 1 heterocycles. The predicted molar refractivity (Wildman–Crippen MR) is 163 cm³/mol. The molecule has 5 rings (SSSR count). The fourth-order valence-corrected chi connectivity index (χ4v) is 8.01. The van der Waals surface area contributed by atoms with Gasteiger partial charge in [-0.1, -0.05) is 60.3 Å². The number of hydrogen-bond acceptors (Lipinski definition) is 6. The highest BCUT2D eigenvalue weighted by molar-refractivity contribution is 6.38. The van der Waals surface area contributed by atoms with Crippen LogP contribution in [-0.4, -0.2) is 70.9 Å². The third kappa shape index (κ3) is 6.38. The van der Waals surface area contributed by atoms with Gasteiger partial charge in [-0.05, 0) is 73.0 Å². The Bertz CT molecular complexity index is 1200. The quantitative estimate of drug-likeness (QED) is 0.261. The molecule has 5 amide bonds. The molecule has 11 heteroatoms. The highest BCUT2D eigenvalue weighted by Gasteiger charge is 2.70. The molecule has 1 unspecified atom stereocenters. The number of carbonyl (C=O) groups is 6. The van der Waals surface area contributed by atoms with Gasteiger partial charge in [-0.15, -0.1) is 0 Å². The fourth-order valence-electron chi connectivity index (χ4n) is 8.01. The molecular weight excluding hydrogens is 562 g/mol. The Hall–Kier alpha value is -2.98. The molecule has 0 radical (unpaired) electrons. The van der Waals surface area contributed by atoms with Crippen LogP contribution in [-0.2, 0) is 24.0 Å². The second-order valence-electron chi connectivity index (χ2n) is 15.8. The monoisotopic (exact) mass is 613 g/mol. The minimum Gasteiger partial charge on any atom is -0.363 e. The summed E-state index contributed by atoms with van der Waals surface area (Å²) in [5.41, 5.74) is 4.45. The summed E-state index contributed by atoms with van der Waals surface area (Å²) in [5, 5.41) is 8.67. The number of fused-ring (bicyclic) bond motifs is 1. The van der Waals surface area contributed by atoms with Gasteiger partial charge in [0.15, 0.2) is 5.78 Å². The fraction of sp³-hybridized carbons (Fsp3) is 0.818. The van der Waals surface area contributed by atoms with E-state index >= 15 is 0 Å². The second kappa shape index (κ2) is 12.1. The van der Waals surface area contributed by atoms with Crippen LogP contribution in [0.25, 0.3) is 0 Å². The number of primary amides is 1. The normalized spacial score (nSPS) is 28.5. The Morgan fingerprint density at radius 1 is 0.795 bits per heavy atom. The predicted octanol–water partition coefficient (Wildman–Crippen LogP) is 2.45. The van der Waals surface area contributed by atoms with Gasteiger partial charge in [-0.2, -0.15) is 0 Å². The molecule has 6 atom stereocenters. The van der Waals surface area contributed by atoms with E-state index in [1.54, 1.807) is 4.90 Å².